The summed E-state index contributed by atoms with van der Waals surface area (Å²) >= 11 is 0. The van der Waals surface area contributed by atoms with Crippen molar-refractivity contribution in [2.45, 2.75) is 44.6 Å². The van der Waals surface area contributed by atoms with Crippen molar-refractivity contribution in [3.63, 3.8) is 0 Å². The van der Waals surface area contributed by atoms with Crippen LogP contribution in [0.1, 0.15) is 37.7 Å². The molecule has 106 valence electrons. The number of hydrogen-bond donors (Lipinski definition) is 1. The van der Waals surface area contributed by atoms with E-state index in [4.69, 9.17) is 0 Å². The van der Waals surface area contributed by atoms with Crippen molar-refractivity contribution in [2.24, 2.45) is 0 Å². The zero-order valence-electron chi connectivity index (χ0n) is 11.5. The van der Waals surface area contributed by atoms with Crippen molar-refractivity contribution >= 4 is 0 Å². The topological polar surface area (TPSA) is 23.5 Å². The third-order valence-electron chi connectivity index (χ3n) is 3.91. The van der Waals surface area contributed by atoms with Gasteiger partial charge in [-0.3, -0.25) is 0 Å². The number of hydrogen-bond acceptors (Lipinski definition) is 2. The predicted molar refractivity (Wildman–Crippen MR) is 75.6 cm³/mol. The Balaban J connectivity index is 1.63. The van der Waals surface area contributed by atoms with E-state index < -0.39 is 0 Å². The summed E-state index contributed by atoms with van der Waals surface area (Å²) in [6.07, 6.45) is 6.13. The van der Waals surface area contributed by atoms with Crippen LogP contribution >= 0.6 is 0 Å². The predicted octanol–water partition coefficient (Wildman–Crippen LogP) is 3.00. The van der Waals surface area contributed by atoms with Crippen LogP contribution < -0.4 is 0 Å². The summed E-state index contributed by atoms with van der Waals surface area (Å²) in [6.45, 7) is 3.37. The van der Waals surface area contributed by atoms with Gasteiger partial charge in [-0.1, -0.05) is 18.6 Å². The van der Waals surface area contributed by atoms with Gasteiger partial charge in [0.05, 0.1) is 6.10 Å². The van der Waals surface area contributed by atoms with Crippen molar-refractivity contribution in [3.05, 3.63) is 35.6 Å². The second-order valence-electron chi connectivity index (χ2n) is 5.51. The zero-order valence-corrected chi connectivity index (χ0v) is 11.5. The number of benzene rings is 1. The minimum Gasteiger partial charge on any atom is -0.393 e. The first-order chi connectivity index (χ1) is 9.24. The lowest BCUT2D eigenvalue weighted by atomic mass is 10.0. The van der Waals surface area contributed by atoms with Crippen molar-refractivity contribution in [1.29, 1.82) is 0 Å². The molecule has 1 aromatic carbocycles. The second-order valence-corrected chi connectivity index (χ2v) is 5.51. The van der Waals surface area contributed by atoms with Gasteiger partial charge in [0.2, 0.25) is 0 Å². The molecule has 0 spiro atoms. The molecule has 3 heteroatoms. The highest BCUT2D eigenvalue weighted by atomic mass is 19.1. The van der Waals surface area contributed by atoms with Crippen molar-refractivity contribution in [2.75, 3.05) is 19.6 Å². The first-order valence-corrected chi connectivity index (χ1v) is 7.39. The Morgan fingerprint density at radius 1 is 1.05 bits per heavy atom. The largest absolute Gasteiger partial charge is 0.393 e. The van der Waals surface area contributed by atoms with Gasteiger partial charge < -0.3 is 10.0 Å². The van der Waals surface area contributed by atoms with E-state index in [0.717, 1.165) is 31.4 Å². The van der Waals surface area contributed by atoms with Crippen molar-refractivity contribution in [3.8, 4) is 0 Å². The van der Waals surface area contributed by atoms with Crippen LogP contribution in [0.2, 0.25) is 0 Å². The Labute approximate surface area is 115 Å². The van der Waals surface area contributed by atoms with Crippen LogP contribution in [0, 0.1) is 5.82 Å². The quantitative estimate of drug-likeness (QED) is 0.854. The maximum atomic E-state index is 12.8. The monoisotopic (exact) mass is 265 g/mol. The van der Waals surface area contributed by atoms with Gasteiger partial charge in [-0.2, -0.15) is 0 Å². The van der Waals surface area contributed by atoms with Crippen LogP contribution in [0.15, 0.2) is 24.3 Å². The first kappa shape index (κ1) is 14.5. The molecule has 1 heterocycles. The van der Waals surface area contributed by atoms with Crippen LogP contribution in [-0.4, -0.2) is 35.7 Å². The van der Waals surface area contributed by atoms with Crippen LogP contribution in [0.5, 0.6) is 0 Å². The Morgan fingerprint density at radius 3 is 2.42 bits per heavy atom. The summed E-state index contributed by atoms with van der Waals surface area (Å²) in [5, 5.41) is 9.99. The number of nitrogens with zero attached hydrogens (tertiary/aromatic N) is 1. The molecule has 0 amide bonds. The molecule has 0 bridgehead atoms. The van der Waals surface area contributed by atoms with E-state index in [1.165, 1.54) is 44.5 Å². The number of aliphatic hydroxyl groups excluding tert-OH is 1. The number of aryl methyl sites for hydroxylation is 1. The maximum absolute atomic E-state index is 12.8. The molecule has 1 fully saturated rings. The molecule has 0 saturated carbocycles. The molecule has 1 saturated heterocycles. The van der Waals surface area contributed by atoms with Gasteiger partial charge in [-0.25, -0.2) is 4.39 Å². The summed E-state index contributed by atoms with van der Waals surface area (Å²) in [6, 6.07) is 6.56. The van der Waals surface area contributed by atoms with Gasteiger partial charge >= 0.3 is 0 Å². The molecule has 2 nitrogen and oxygen atoms in total. The van der Waals surface area contributed by atoms with Crippen LogP contribution in [0.3, 0.4) is 0 Å². The van der Waals surface area contributed by atoms with Gasteiger partial charge in [0.1, 0.15) is 5.82 Å². The lowest BCUT2D eigenvalue weighted by Gasteiger charge is -2.27. The molecule has 0 radical (unpaired) electrons. The fourth-order valence-electron chi connectivity index (χ4n) is 2.64. The average Bonchev–Trinajstić information content (AvgIpc) is 2.45. The van der Waals surface area contributed by atoms with Crippen LogP contribution in [0.25, 0.3) is 0 Å². The molecule has 19 heavy (non-hydrogen) atoms. The van der Waals surface area contributed by atoms with Gasteiger partial charge in [-0.15, -0.1) is 0 Å². The summed E-state index contributed by atoms with van der Waals surface area (Å²) in [5.74, 6) is -0.200. The smallest absolute Gasteiger partial charge is 0.123 e. The van der Waals surface area contributed by atoms with Crippen molar-refractivity contribution < 1.29 is 9.50 Å². The zero-order chi connectivity index (χ0) is 13.5. The maximum Gasteiger partial charge on any atom is 0.123 e. The second kappa shape index (κ2) is 7.61. The fraction of sp³-hybridized carbons (Fsp3) is 0.625. The van der Waals surface area contributed by atoms with Gasteiger partial charge in [0.15, 0.2) is 0 Å². The van der Waals surface area contributed by atoms with E-state index in [2.05, 4.69) is 4.90 Å². The SMILES string of the molecule is OC(CCc1ccc(F)cc1)CCN1CCCCC1. The molecular formula is C16H24FNO. The molecule has 1 aliphatic rings. The molecule has 1 aromatic rings. The van der Waals surface area contributed by atoms with Gasteiger partial charge in [0.25, 0.3) is 0 Å². The minimum absolute atomic E-state index is 0.200. The third kappa shape index (κ3) is 5.29. The lowest BCUT2D eigenvalue weighted by Crippen LogP contribution is -2.32. The Bertz CT molecular complexity index is 360. The Hall–Kier alpha value is -0.930. The Kier molecular flexibility index (Phi) is 5.80. The van der Waals surface area contributed by atoms with Crippen molar-refractivity contribution in [1.82, 2.24) is 4.90 Å². The van der Waals surface area contributed by atoms with E-state index >= 15 is 0 Å². The van der Waals surface area contributed by atoms with Crippen LogP contribution in [0.4, 0.5) is 4.39 Å². The number of rotatable bonds is 6. The molecule has 1 atom stereocenters. The molecule has 1 aliphatic heterocycles. The van der Waals surface area contributed by atoms with E-state index in [1.54, 1.807) is 12.1 Å². The summed E-state index contributed by atoms with van der Waals surface area (Å²) in [4.78, 5) is 2.45. The molecule has 1 N–H and O–H groups in total. The molecule has 2 rings (SSSR count). The van der Waals surface area contributed by atoms with E-state index in [-0.39, 0.29) is 11.9 Å². The first-order valence-electron chi connectivity index (χ1n) is 7.39. The highest BCUT2D eigenvalue weighted by Crippen LogP contribution is 2.12. The normalized spacial score (nSPS) is 18.4. The Morgan fingerprint density at radius 2 is 1.74 bits per heavy atom. The standard InChI is InChI=1S/C16H24FNO/c17-15-7-4-14(5-8-15)6-9-16(19)10-13-18-11-2-1-3-12-18/h4-5,7-8,16,19H,1-3,6,9-13H2. The van der Waals surface area contributed by atoms with E-state index in [1.807, 2.05) is 0 Å². The number of halogens is 1. The average molecular weight is 265 g/mol. The summed E-state index contributed by atoms with van der Waals surface area (Å²) in [5.41, 5.74) is 1.10. The molecule has 1 unspecified atom stereocenters. The van der Waals surface area contributed by atoms with E-state index in [0.29, 0.717) is 0 Å². The summed E-state index contributed by atoms with van der Waals surface area (Å²) < 4.78 is 12.8. The molecule has 0 aromatic heterocycles. The van der Waals surface area contributed by atoms with Gasteiger partial charge in [0, 0.05) is 6.54 Å². The highest BCUT2D eigenvalue weighted by Gasteiger charge is 2.12. The number of piperidine rings is 1. The fourth-order valence-corrected chi connectivity index (χ4v) is 2.64. The molecular weight excluding hydrogens is 241 g/mol. The van der Waals surface area contributed by atoms with E-state index in [9.17, 15) is 9.50 Å². The number of aliphatic hydroxyl groups is 1. The third-order valence-corrected chi connectivity index (χ3v) is 3.91. The minimum atomic E-state index is -0.244. The van der Waals surface area contributed by atoms with Crippen LogP contribution in [-0.2, 0) is 6.42 Å². The van der Waals surface area contributed by atoms with Gasteiger partial charge in [-0.05, 0) is 62.9 Å². The number of likely N-dealkylation sites (tertiary alicyclic amines) is 1. The highest BCUT2D eigenvalue weighted by molar-refractivity contribution is 5.16. The summed E-state index contributed by atoms with van der Waals surface area (Å²) in [7, 11) is 0. The molecule has 0 aliphatic carbocycles. The lowest BCUT2D eigenvalue weighted by molar-refractivity contribution is 0.126.